The monoisotopic (exact) mass is 289 g/mol. The first-order valence-corrected chi connectivity index (χ1v) is 6.34. The molecule has 0 fully saturated rings. The van der Waals surface area contributed by atoms with Crippen molar-refractivity contribution in [2.45, 2.75) is 6.61 Å². The summed E-state index contributed by atoms with van der Waals surface area (Å²) in [5.74, 6) is 0.581. The normalized spacial score (nSPS) is 10.3. The number of hydrogen-bond donors (Lipinski definition) is 1. The zero-order valence-electron chi connectivity index (χ0n) is 8.91. The Balaban J connectivity index is 2.02. The number of aromatic nitrogens is 2. The Hall–Kier alpha value is -1.04. The van der Waals surface area contributed by atoms with Crippen molar-refractivity contribution in [2.75, 3.05) is 12.4 Å². The van der Waals surface area contributed by atoms with Crippen molar-refractivity contribution in [1.82, 2.24) is 10.2 Å². The van der Waals surface area contributed by atoms with E-state index in [2.05, 4.69) is 15.5 Å². The molecule has 1 aromatic heterocycles. The van der Waals surface area contributed by atoms with Crippen LogP contribution in [-0.2, 0) is 6.61 Å². The summed E-state index contributed by atoms with van der Waals surface area (Å²) in [4.78, 5) is 0. The van der Waals surface area contributed by atoms with Gasteiger partial charge in [0, 0.05) is 12.1 Å². The number of rotatable bonds is 4. The van der Waals surface area contributed by atoms with Crippen LogP contribution in [0.15, 0.2) is 18.2 Å². The lowest BCUT2D eigenvalue weighted by molar-refractivity contribution is 0.305. The van der Waals surface area contributed by atoms with Crippen LogP contribution in [0.1, 0.15) is 5.01 Å². The van der Waals surface area contributed by atoms with Gasteiger partial charge in [0.2, 0.25) is 5.13 Å². The summed E-state index contributed by atoms with van der Waals surface area (Å²) >= 11 is 13.2. The molecule has 4 nitrogen and oxygen atoms in total. The van der Waals surface area contributed by atoms with E-state index in [4.69, 9.17) is 27.9 Å². The van der Waals surface area contributed by atoms with Crippen LogP contribution in [0.3, 0.4) is 0 Å². The number of anilines is 1. The van der Waals surface area contributed by atoms with Crippen molar-refractivity contribution in [3.63, 3.8) is 0 Å². The van der Waals surface area contributed by atoms with Crippen LogP contribution in [0.2, 0.25) is 10.0 Å². The Morgan fingerprint density at radius 3 is 2.82 bits per heavy atom. The predicted molar refractivity (Wildman–Crippen MR) is 70.2 cm³/mol. The summed E-state index contributed by atoms with van der Waals surface area (Å²) in [5.41, 5.74) is 0. The van der Waals surface area contributed by atoms with Crippen LogP contribution in [0.4, 0.5) is 5.13 Å². The largest absolute Gasteiger partial charge is 0.485 e. The van der Waals surface area contributed by atoms with E-state index < -0.39 is 0 Å². The van der Waals surface area contributed by atoms with E-state index in [1.807, 2.05) is 0 Å². The summed E-state index contributed by atoms with van der Waals surface area (Å²) in [5, 5.41) is 13.4. The Morgan fingerprint density at radius 1 is 1.35 bits per heavy atom. The Morgan fingerprint density at radius 2 is 2.18 bits per heavy atom. The second-order valence-corrected chi connectivity index (χ2v) is 5.02. The van der Waals surface area contributed by atoms with Gasteiger partial charge in [-0.15, -0.1) is 10.2 Å². The van der Waals surface area contributed by atoms with E-state index in [9.17, 15) is 0 Å². The fraction of sp³-hybridized carbons (Fsp3) is 0.200. The maximum absolute atomic E-state index is 5.97. The number of nitrogens with zero attached hydrogens (tertiary/aromatic N) is 2. The van der Waals surface area contributed by atoms with Crippen molar-refractivity contribution in [3.8, 4) is 5.75 Å². The molecule has 17 heavy (non-hydrogen) atoms. The molecule has 0 aliphatic carbocycles. The van der Waals surface area contributed by atoms with E-state index in [-0.39, 0.29) is 0 Å². The highest BCUT2D eigenvalue weighted by Gasteiger charge is 2.06. The summed E-state index contributed by atoms with van der Waals surface area (Å²) < 4.78 is 5.53. The molecule has 0 amide bonds. The number of nitrogens with one attached hydrogen (secondary N) is 1. The smallest absolute Gasteiger partial charge is 0.205 e. The summed E-state index contributed by atoms with van der Waals surface area (Å²) in [7, 11) is 1.79. The molecule has 0 bridgehead atoms. The summed E-state index contributed by atoms with van der Waals surface area (Å²) in [6, 6.07) is 5.09. The van der Waals surface area contributed by atoms with Crippen molar-refractivity contribution in [3.05, 3.63) is 33.3 Å². The van der Waals surface area contributed by atoms with Gasteiger partial charge >= 0.3 is 0 Å². The third-order valence-electron chi connectivity index (χ3n) is 1.93. The second-order valence-electron chi connectivity index (χ2n) is 3.11. The molecule has 0 aliphatic rings. The molecule has 2 rings (SSSR count). The van der Waals surface area contributed by atoms with Gasteiger partial charge in [-0.25, -0.2) is 0 Å². The molecular weight excluding hydrogens is 281 g/mol. The van der Waals surface area contributed by atoms with Gasteiger partial charge in [0.1, 0.15) is 12.4 Å². The van der Waals surface area contributed by atoms with Crippen molar-refractivity contribution >= 4 is 39.7 Å². The lowest BCUT2D eigenvalue weighted by atomic mass is 10.3. The Kier molecular flexibility index (Phi) is 4.04. The van der Waals surface area contributed by atoms with Crippen LogP contribution in [0.5, 0.6) is 5.75 Å². The van der Waals surface area contributed by atoms with Crippen LogP contribution in [0, 0.1) is 0 Å². The van der Waals surface area contributed by atoms with Crippen LogP contribution < -0.4 is 10.1 Å². The molecule has 0 atom stereocenters. The molecule has 1 N–H and O–H groups in total. The average Bonchev–Trinajstić information content (AvgIpc) is 2.76. The minimum Gasteiger partial charge on any atom is -0.485 e. The first kappa shape index (κ1) is 12.4. The third kappa shape index (κ3) is 3.21. The lowest BCUT2D eigenvalue weighted by Crippen LogP contribution is -1.95. The van der Waals surface area contributed by atoms with E-state index in [0.29, 0.717) is 22.4 Å². The molecule has 0 spiro atoms. The molecule has 7 heteroatoms. The molecule has 1 heterocycles. The van der Waals surface area contributed by atoms with Gasteiger partial charge in [-0.1, -0.05) is 34.5 Å². The van der Waals surface area contributed by atoms with Crippen molar-refractivity contribution < 1.29 is 4.74 Å². The molecule has 90 valence electrons. The summed E-state index contributed by atoms with van der Waals surface area (Å²) in [6.07, 6.45) is 0. The maximum Gasteiger partial charge on any atom is 0.205 e. The van der Waals surface area contributed by atoms with Crippen molar-refractivity contribution in [1.29, 1.82) is 0 Å². The Bertz CT molecular complexity index is 518. The topological polar surface area (TPSA) is 47.0 Å². The highest BCUT2D eigenvalue weighted by Crippen LogP contribution is 2.28. The van der Waals surface area contributed by atoms with Gasteiger partial charge in [-0.2, -0.15) is 0 Å². The fourth-order valence-electron chi connectivity index (χ4n) is 1.14. The molecule has 2 aromatic rings. The second kappa shape index (κ2) is 5.53. The van der Waals surface area contributed by atoms with Gasteiger partial charge in [0.25, 0.3) is 0 Å². The van der Waals surface area contributed by atoms with Gasteiger partial charge in [0.15, 0.2) is 5.01 Å². The summed E-state index contributed by atoms with van der Waals surface area (Å²) in [6.45, 7) is 0.334. The Labute approximate surface area is 113 Å². The SMILES string of the molecule is CNc1nnc(COc2ccc(Cl)cc2Cl)s1. The van der Waals surface area contributed by atoms with Gasteiger partial charge in [0.05, 0.1) is 5.02 Å². The molecule has 0 radical (unpaired) electrons. The minimum atomic E-state index is 0.334. The molecular formula is C10H9Cl2N3OS. The van der Waals surface area contributed by atoms with Crippen molar-refractivity contribution in [2.24, 2.45) is 0 Å². The van der Waals surface area contributed by atoms with E-state index in [1.165, 1.54) is 11.3 Å². The van der Waals surface area contributed by atoms with Crippen LogP contribution >= 0.6 is 34.5 Å². The predicted octanol–water partition coefficient (Wildman–Crippen LogP) is 3.47. The quantitative estimate of drug-likeness (QED) is 0.936. The molecule has 0 saturated heterocycles. The number of halogens is 2. The first-order chi connectivity index (χ1) is 8.19. The van der Waals surface area contributed by atoms with Gasteiger partial charge in [-0.3, -0.25) is 0 Å². The van der Waals surface area contributed by atoms with Crippen LogP contribution in [-0.4, -0.2) is 17.2 Å². The van der Waals surface area contributed by atoms with Gasteiger partial charge < -0.3 is 10.1 Å². The first-order valence-electron chi connectivity index (χ1n) is 4.77. The zero-order chi connectivity index (χ0) is 12.3. The van der Waals surface area contributed by atoms with Crippen LogP contribution in [0.25, 0.3) is 0 Å². The van der Waals surface area contributed by atoms with Gasteiger partial charge in [-0.05, 0) is 18.2 Å². The van der Waals surface area contributed by atoms with E-state index in [1.54, 1.807) is 25.2 Å². The highest BCUT2D eigenvalue weighted by atomic mass is 35.5. The fourth-order valence-corrected chi connectivity index (χ4v) is 2.21. The zero-order valence-corrected chi connectivity index (χ0v) is 11.2. The average molecular weight is 290 g/mol. The van der Waals surface area contributed by atoms with E-state index >= 15 is 0 Å². The maximum atomic E-state index is 5.97. The standard InChI is InChI=1S/C10H9Cl2N3OS/c1-13-10-15-14-9(17-10)5-16-8-3-2-6(11)4-7(8)12/h2-4H,5H2,1H3,(H,13,15). The highest BCUT2D eigenvalue weighted by molar-refractivity contribution is 7.15. The molecule has 0 aliphatic heterocycles. The lowest BCUT2D eigenvalue weighted by Gasteiger charge is -2.05. The number of hydrogen-bond acceptors (Lipinski definition) is 5. The molecule has 1 aromatic carbocycles. The van der Waals surface area contributed by atoms with E-state index in [0.717, 1.165) is 10.1 Å². The number of benzene rings is 1. The minimum absolute atomic E-state index is 0.334. The molecule has 0 saturated carbocycles. The number of ether oxygens (including phenoxy) is 1. The molecule has 0 unspecified atom stereocenters. The third-order valence-corrected chi connectivity index (χ3v) is 3.37.